The number of rotatable bonds is 5. The van der Waals surface area contributed by atoms with Gasteiger partial charge in [0.05, 0.1) is 11.5 Å². The van der Waals surface area contributed by atoms with Crippen molar-refractivity contribution in [2.24, 2.45) is 0 Å². The number of hydrogen-bond acceptors (Lipinski definition) is 6. The lowest BCUT2D eigenvalue weighted by Gasteiger charge is -2.35. The minimum absolute atomic E-state index is 0.0251. The van der Waals surface area contributed by atoms with Crippen LogP contribution in [0.4, 0.5) is 11.5 Å². The van der Waals surface area contributed by atoms with Crippen molar-refractivity contribution in [2.75, 3.05) is 37.7 Å². The molecule has 1 amide bonds. The van der Waals surface area contributed by atoms with Crippen LogP contribution in [0.15, 0.2) is 42.6 Å². The number of anilines is 1. The van der Waals surface area contributed by atoms with Crippen molar-refractivity contribution in [3.05, 3.63) is 58.3 Å². The van der Waals surface area contributed by atoms with Crippen molar-refractivity contribution >= 4 is 17.4 Å². The molecule has 8 nitrogen and oxygen atoms in total. The summed E-state index contributed by atoms with van der Waals surface area (Å²) in [7, 11) is 0. The third-order valence-corrected chi connectivity index (χ3v) is 4.23. The summed E-state index contributed by atoms with van der Waals surface area (Å²) in [5.74, 6) is 1.34. The minimum atomic E-state index is -0.468. The summed E-state index contributed by atoms with van der Waals surface area (Å²) >= 11 is 0. The molecule has 2 heterocycles. The van der Waals surface area contributed by atoms with Crippen LogP contribution in [0.2, 0.25) is 0 Å². The maximum Gasteiger partial charge on any atom is 0.287 e. The van der Waals surface area contributed by atoms with Crippen LogP contribution < -0.4 is 9.64 Å². The predicted molar refractivity (Wildman–Crippen MR) is 96.6 cm³/mol. The number of nitrogens with zero attached hydrogens (tertiary/aromatic N) is 4. The van der Waals surface area contributed by atoms with E-state index in [9.17, 15) is 14.9 Å². The molecular formula is C18H20N4O4. The SMILES string of the molecule is CCOc1cccc(C(=O)N2CCN(c3ccc([N+](=O)[O-])cn3)CC2)c1. The van der Waals surface area contributed by atoms with Crippen molar-refractivity contribution in [1.82, 2.24) is 9.88 Å². The highest BCUT2D eigenvalue weighted by Crippen LogP contribution is 2.19. The van der Waals surface area contributed by atoms with E-state index >= 15 is 0 Å². The lowest BCUT2D eigenvalue weighted by atomic mass is 10.1. The maximum atomic E-state index is 12.7. The van der Waals surface area contributed by atoms with Crippen LogP contribution in [-0.2, 0) is 0 Å². The molecule has 0 spiro atoms. The number of nitro groups is 1. The molecule has 0 bridgehead atoms. The number of aromatic nitrogens is 1. The van der Waals surface area contributed by atoms with E-state index in [1.54, 1.807) is 23.1 Å². The Kier molecular flexibility index (Phi) is 5.31. The van der Waals surface area contributed by atoms with E-state index in [0.29, 0.717) is 49.9 Å². The number of pyridine rings is 1. The van der Waals surface area contributed by atoms with Gasteiger partial charge in [-0.15, -0.1) is 0 Å². The predicted octanol–water partition coefficient (Wildman–Crippen LogP) is 2.35. The summed E-state index contributed by atoms with van der Waals surface area (Å²) in [4.78, 5) is 30.9. The number of amides is 1. The monoisotopic (exact) mass is 356 g/mol. The number of benzene rings is 1. The average molecular weight is 356 g/mol. The molecule has 26 heavy (non-hydrogen) atoms. The van der Waals surface area contributed by atoms with Gasteiger partial charge >= 0.3 is 0 Å². The molecule has 1 aliphatic rings. The van der Waals surface area contributed by atoms with Gasteiger partial charge in [-0.1, -0.05) is 6.07 Å². The number of piperazine rings is 1. The summed E-state index contributed by atoms with van der Waals surface area (Å²) in [5.41, 5.74) is 0.578. The largest absolute Gasteiger partial charge is 0.494 e. The summed E-state index contributed by atoms with van der Waals surface area (Å²) in [6, 6.07) is 10.3. The fraction of sp³-hybridized carbons (Fsp3) is 0.333. The second-order valence-corrected chi connectivity index (χ2v) is 5.87. The molecule has 136 valence electrons. The zero-order valence-corrected chi connectivity index (χ0v) is 14.5. The Balaban J connectivity index is 1.61. The van der Waals surface area contributed by atoms with Crippen molar-refractivity contribution in [2.45, 2.75) is 6.92 Å². The number of ether oxygens (including phenoxy) is 1. The highest BCUT2D eigenvalue weighted by molar-refractivity contribution is 5.94. The molecule has 0 aliphatic carbocycles. The number of hydrogen-bond donors (Lipinski definition) is 0. The van der Waals surface area contributed by atoms with Gasteiger partial charge < -0.3 is 14.5 Å². The van der Waals surface area contributed by atoms with Crippen LogP contribution >= 0.6 is 0 Å². The first-order valence-electron chi connectivity index (χ1n) is 8.46. The molecule has 2 aromatic rings. The molecule has 0 N–H and O–H groups in total. The van der Waals surface area contributed by atoms with E-state index in [1.165, 1.54) is 12.3 Å². The Bertz CT molecular complexity index is 786. The molecule has 1 fully saturated rings. The normalized spacial score (nSPS) is 14.2. The third kappa shape index (κ3) is 3.90. The quantitative estimate of drug-likeness (QED) is 0.603. The molecule has 1 aromatic heterocycles. The fourth-order valence-electron chi connectivity index (χ4n) is 2.88. The fourth-order valence-corrected chi connectivity index (χ4v) is 2.88. The van der Waals surface area contributed by atoms with Gasteiger partial charge in [0, 0.05) is 37.8 Å². The van der Waals surface area contributed by atoms with Gasteiger partial charge in [0.15, 0.2) is 0 Å². The second-order valence-electron chi connectivity index (χ2n) is 5.87. The molecule has 0 atom stereocenters. The van der Waals surface area contributed by atoms with Crippen LogP contribution in [0.1, 0.15) is 17.3 Å². The van der Waals surface area contributed by atoms with Gasteiger partial charge in [0.2, 0.25) is 0 Å². The van der Waals surface area contributed by atoms with Gasteiger partial charge in [-0.3, -0.25) is 14.9 Å². The molecule has 0 unspecified atom stereocenters. The molecule has 1 aromatic carbocycles. The smallest absolute Gasteiger partial charge is 0.287 e. The van der Waals surface area contributed by atoms with Crippen molar-refractivity contribution in [3.8, 4) is 5.75 Å². The van der Waals surface area contributed by atoms with Crippen molar-refractivity contribution in [1.29, 1.82) is 0 Å². The van der Waals surface area contributed by atoms with Crippen LogP contribution in [0.3, 0.4) is 0 Å². The summed E-state index contributed by atoms with van der Waals surface area (Å²) in [5, 5.41) is 10.7. The van der Waals surface area contributed by atoms with Gasteiger partial charge in [-0.05, 0) is 31.2 Å². The number of carbonyl (C=O) groups excluding carboxylic acids is 1. The number of carbonyl (C=O) groups is 1. The van der Waals surface area contributed by atoms with Gasteiger partial charge in [-0.25, -0.2) is 4.98 Å². The highest BCUT2D eigenvalue weighted by Gasteiger charge is 2.23. The Morgan fingerprint density at radius 2 is 2.00 bits per heavy atom. The van der Waals surface area contributed by atoms with Gasteiger partial charge in [0.25, 0.3) is 11.6 Å². The first-order valence-corrected chi connectivity index (χ1v) is 8.46. The Morgan fingerprint density at radius 1 is 1.23 bits per heavy atom. The zero-order valence-electron chi connectivity index (χ0n) is 14.5. The summed E-state index contributed by atoms with van der Waals surface area (Å²) in [6.45, 7) is 4.84. The van der Waals surface area contributed by atoms with E-state index < -0.39 is 4.92 Å². The summed E-state index contributed by atoms with van der Waals surface area (Å²) in [6.07, 6.45) is 1.26. The van der Waals surface area contributed by atoms with Crippen LogP contribution in [0.25, 0.3) is 0 Å². The van der Waals surface area contributed by atoms with Crippen LogP contribution in [-0.4, -0.2) is 53.5 Å². The topological polar surface area (TPSA) is 88.8 Å². The molecule has 3 rings (SSSR count). The lowest BCUT2D eigenvalue weighted by molar-refractivity contribution is -0.385. The van der Waals surface area contributed by atoms with E-state index in [0.717, 1.165) is 0 Å². The zero-order chi connectivity index (χ0) is 18.5. The molecule has 1 saturated heterocycles. The Morgan fingerprint density at radius 3 is 2.62 bits per heavy atom. The average Bonchev–Trinajstić information content (AvgIpc) is 2.68. The van der Waals surface area contributed by atoms with Gasteiger partial charge in [0.1, 0.15) is 17.8 Å². The van der Waals surface area contributed by atoms with E-state index in [2.05, 4.69) is 4.98 Å². The van der Waals surface area contributed by atoms with Gasteiger partial charge in [-0.2, -0.15) is 0 Å². The standard InChI is InChI=1S/C18H20N4O4/c1-2-26-16-5-3-4-14(12-16)18(23)21-10-8-20(9-11-21)17-7-6-15(13-19-17)22(24)25/h3-7,12-13H,2,8-11H2,1H3. The second kappa shape index (κ2) is 7.81. The Hall–Kier alpha value is -3.16. The molecule has 0 radical (unpaired) electrons. The molecule has 0 saturated carbocycles. The minimum Gasteiger partial charge on any atom is -0.494 e. The van der Waals surface area contributed by atoms with Crippen LogP contribution in [0.5, 0.6) is 5.75 Å². The molecule has 8 heteroatoms. The molecule has 1 aliphatic heterocycles. The first kappa shape index (κ1) is 17.7. The van der Waals surface area contributed by atoms with Crippen molar-refractivity contribution in [3.63, 3.8) is 0 Å². The summed E-state index contributed by atoms with van der Waals surface area (Å²) < 4.78 is 5.45. The third-order valence-electron chi connectivity index (χ3n) is 4.23. The first-order chi connectivity index (χ1) is 12.6. The molecular weight excluding hydrogens is 336 g/mol. The van der Waals surface area contributed by atoms with E-state index in [-0.39, 0.29) is 11.6 Å². The highest BCUT2D eigenvalue weighted by atomic mass is 16.6. The van der Waals surface area contributed by atoms with Crippen LogP contribution in [0, 0.1) is 10.1 Å². The van der Waals surface area contributed by atoms with E-state index in [1.807, 2.05) is 24.0 Å². The maximum absolute atomic E-state index is 12.7. The van der Waals surface area contributed by atoms with Crippen molar-refractivity contribution < 1.29 is 14.5 Å². The Labute approximate surface area is 151 Å². The lowest BCUT2D eigenvalue weighted by Crippen LogP contribution is -2.49. The van der Waals surface area contributed by atoms with E-state index in [4.69, 9.17) is 4.74 Å².